The molecule has 1 fully saturated rings. The topological polar surface area (TPSA) is 40.6 Å². The molecule has 0 N–H and O–H groups in total. The summed E-state index contributed by atoms with van der Waals surface area (Å²) >= 11 is 0. The Morgan fingerprint density at radius 1 is 0.806 bits per heavy atom. The van der Waals surface area contributed by atoms with E-state index in [0.29, 0.717) is 39.0 Å². The van der Waals surface area contributed by atoms with Crippen LogP contribution in [0.4, 0.5) is 13.2 Å². The number of piperidine rings is 1. The number of nitrogens with zero attached hydrogens (tertiary/aromatic N) is 2. The van der Waals surface area contributed by atoms with Crippen LogP contribution in [0.15, 0.2) is 84.9 Å². The number of carbonyl (C=O) groups excluding carboxylic acids is 2. The third-order valence-electron chi connectivity index (χ3n) is 6.63. The highest BCUT2D eigenvalue weighted by atomic mass is 19.4. The predicted molar refractivity (Wildman–Crippen MR) is 132 cm³/mol. The minimum atomic E-state index is -4.44. The SMILES string of the molecule is O=C(c1ccc(C(F)(F)F)cc1)N1CCC(C(=O)N(CCc2ccccc2)Cc2ccccc2)CC1. The number of halogens is 3. The summed E-state index contributed by atoms with van der Waals surface area (Å²) in [6.07, 6.45) is -2.62. The molecule has 0 radical (unpaired) electrons. The molecule has 0 bridgehead atoms. The lowest BCUT2D eigenvalue weighted by Gasteiger charge is -2.34. The van der Waals surface area contributed by atoms with E-state index in [9.17, 15) is 22.8 Å². The van der Waals surface area contributed by atoms with Crippen LogP contribution in [0.3, 0.4) is 0 Å². The van der Waals surface area contributed by atoms with Crippen molar-refractivity contribution in [3.8, 4) is 0 Å². The molecule has 4 rings (SSSR count). The fourth-order valence-electron chi connectivity index (χ4n) is 4.55. The van der Waals surface area contributed by atoms with Crippen LogP contribution < -0.4 is 0 Å². The molecule has 0 spiro atoms. The van der Waals surface area contributed by atoms with Gasteiger partial charge in [0.05, 0.1) is 5.56 Å². The molecule has 7 heteroatoms. The molecule has 1 aliphatic rings. The van der Waals surface area contributed by atoms with E-state index in [0.717, 1.165) is 24.1 Å². The van der Waals surface area contributed by atoms with Gasteiger partial charge in [-0.05, 0) is 54.7 Å². The lowest BCUT2D eigenvalue weighted by atomic mass is 9.94. The fourth-order valence-corrected chi connectivity index (χ4v) is 4.55. The van der Waals surface area contributed by atoms with Gasteiger partial charge in [-0.2, -0.15) is 13.2 Å². The number of amides is 2. The predicted octanol–water partition coefficient (Wildman–Crippen LogP) is 5.83. The van der Waals surface area contributed by atoms with Crippen molar-refractivity contribution in [2.45, 2.75) is 32.0 Å². The maximum atomic E-state index is 13.5. The molecule has 0 aliphatic carbocycles. The summed E-state index contributed by atoms with van der Waals surface area (Å²) in [5.74, 6) is -0.419. The second-order valence-electron chi connectivity index (χ2n) is 9.12. The quantitative estimate of drug-likeness (QED) is 0.415. The molecule has 2 amide bonds. The highest BCUT2D eigenvalue weighted by Crippen LogP contribution is 2.29. The maximum Gasteiger partial charge on any atom is 0.416 e. The van der Waals surface area contributed by atoms with Gasteiger partial charge in [0, 0.05) is 37.7 Å². The molecule has 1 aliphatic heterocycles. The van der Waals surface area contributed by atoms with Crippen LogP contribution in [-0.4, -0.2) is 41.2 Å². The monoisotopic (exact) mass is 494 g/mol. The first-order valence-electron chi connectivity index (χ1n) is 12.1. The maximum absolute atomic E-state index is 13.5. The molecule has 1 saturated heterocycles. The zero-order chi connectivity index (χ0) is 25.5. The Morgan fingerprint density at radius 2 is 1.36 bits per heavy atom. The van der Waals surface area contributed by atoms with Gasteiger partial charge in [-0.1, -0.05) is 60.7 Å². The Labute approximate surface area is 209 Å². The third-order valence-corrected chi connectivity index (χ3v) is 6.63. The molecule has 0 atom stereocenters. The summed E-state index contributed by atoms with van der Waals surface area (Å²) in [5.41, 5.74) is 1.67. The van der Waals surface area contributed by atoms with E-state index in [1.807, 2.05) is 53.4 Å². The summed E-state index contributed by atoms with van der Waals surface area (Å²) in [6, 6.07) is 24.2. The van der Waals surface area contributed by atoms with Crippen molar-refractivity contribution >= 4 is 11.8 Å². The van der Waals surface area contributed by atoms with Crippen molar-refractivity contribution in [2.75, 3.05) is 19.6 Å². The van der Waals surface area contributed by atoms with Crippen molar-refractivity contribution in [1.29, 1.82) is 0 Å². The van der Waals surface area contributed by atoms with Crippen LogP contribution in [0.1, 0.15) is 39.9 Å². The van der Waals surface area contributed by atoms with Crippen LogP contribution >= 0.6 is 0 Å². The van der Waals surface area contributed by atoms with Crippen molar-refractivity contribution in [3.63, 3.8) is 0 Å². The highest BCUT2D eigenvalue weighted by molar-refractivity contribution is 5.94. The summed E-state index contributed by atoms with van der Waals surface area (Å²) in [6.45, 7) is 1.92. The minimum absolute atomic E-state index is 0.0800. The summed E-state index contributed by atoms with van der Waals surface area (Å²) in [4.78, 5) is 29.9. The first kappa shape index (κ1) is 25.5. The fraction of sp³-hybridized carbons (Fsp3) is 0.310. The molecular formula is C29H29F3N2O2. The third kappa shape index (κ3) is 6.53. The lowest BCUT2D eigenvalue weighted by Crippen LogP contribution is -2.44. The van der Waals surface area contributed by atoms with Crippen LogP contribution in [0.25, 0.3) is 0 Å². The second kappa shape index (κ2) is 11.4. The first-order chi connectivity index (χ1) is 17.3. The summed E-state index contributed by atoms with van der Waals surface area (Å²) in [5, 5.41) is 0. The van der Waals surface area contributed by atoms with Gasteiger partial charge in [-0.25, -0.2) is 0 Å². The van der Waals surface area contributed by atoms with Gasteiger partial charge in [0.1, 0.15) is 0 Å². The van der Waals surface area contributed by atoms with E-state index in [2.05, 4.69) is 12.1 Å². The number of rotatable bonds is 7. The molecule has 0 aromatic heterocycles. The molecule has 3 aromatic rings. The standard InChI is InChI=1S/C29H29F3N2O2/c30-29(31,32)26-13-11-24(12-14-26)27(35)33-19-16-25(17-20-33)28(36)34(21-23-9-5-2-6-10-23)18-15-22-7-3-1-4-8-22/h1-14,25H,15-21H2. The number of benzene rings is 3. The molecule has 0 unspecified atom stereocenters. The van der Waals surface area contributed by atoms with Gasteiger partial charge in [0.2, 0.25) is 5.91 Å². The van der Waals surface area contributed by atoms with Crippen LogP contribution in [0, 0.1) is 5.92 Å². The van der Waals surface area contributed by atoms with Gasteiger partial charge in [0.15, 0.2) is 0 Å². The number of carbonyl (C=O) groups is 2. The van der Waals surface area contributed by atoms with Crippen molar-refractivity contribution in [1.82, 2.24) is 9.80 Å². The van der Waals surface area contributed by atoms with Gasteiger partial charge in [-0.3, -0.25) is 9.59 Å². The number of hydrogen-bond acceptors (Lipinski definition) is 2. The zero-order valence-corrected chi connectivity index (χ0v) is 20.0. The Kier molecular flexibility index (Phi) is 8.08. The van der Waals surface area contributed by atoms with Crippen LogP contribution in [0.2, 0.25) is 0 Å². The molecule has 4 nitrogen and oxygen atoms in total. The number of likely N-dealkylation sites (tertiary alicyclic amines) is 1. The van der Waals surface area contributed by atoms with E-state index in [4.69, 9.17) is 0 Å². The number of alkyl halides is 3. The molecule has 3 aromatic carbocycles. The van der Waals surface area contributed by atoms with Crippen molar-refractivity contribution < 1.29 is 22.8 Å². The molecule has 36 heavy (non-hydrogen) atoms. The zero-order valence-electron chi connectivity index (χ0n) is 20.0. The normalized spacial score (nSPS) is 14.5. The van der Waals surface area contributed by atoms with Crippen LogP contribution in [0.5, 0.6) is 0 Å². The van der Waals surface area contributed by atoms with E-state index in [1.54, 1.807) is 4.90 Å². The number of hydrogen-bond donors (Lipinski definition) is 0. The molecular weight excluding hydrogens is 465 g/mol. The molecule has 0 saturated carbocycles. The lowest BCUT2D eigenvalue weighted by molar-refractivity contribution is -0.138. The molecule has 1 heterocycles. The Morgan fingerprint density at radius 3 is 1.92 bits per heavy atom. The van der Waals surface area contributed by atoms with Crippen LogP contribution in [-0.2, 0) is 23.9 Å². The first-order valence-corrected chi connectivity index (χ1v) is 12.1. The Bertz CT molecular complexity index is 1140. The van der Waals surface area contributed by atoms with Crippen molar-refractivity contribution in [3.05, 3.63) is 107 Å². The van der Waals surface area contributed by atoms with E-state index in [-0.39, 0.29) is 23.3 Å². The second-order valence-corrected chi connectivity index (χ2v) is 9.12. The largest absolute Gasteiger partial charge is 0.416 e. The van der Waals surface area contributed by atoms with E-state index in [1.165, 1.54) is 17.7 Å². The molecule has 188 valence electrons. The highest BCUT2D eigenvalue weighted by Gasteiger charge is 2.32. The van der Waals surface area contributed by atoms with Gasteiger partial charge >= 0.3 is 6.18 Å². The van der Waals surface area contributed by atoms with E-state index < -0.39 is 11.7 Å². The van der Waals surface area contributed by atoms with Gasteiger partial charge in [-0.15, -0.1) is 0 Å². The minimum Gasteiger partial charge on any atom is -0.339 e. The van der Waals surface area contributed by atoms with Crippen molar-refractivity contribution in [2.24, 2.45) is 5.92 Å². The van der Waals surface area contributed by atoms with Gasteiger partial charge < -0.3 is 9.80 Å². The Balaban J connectivity index is 1.38. The average Bonchev–Trinajstić information content (AvgIpc) is 2.91. The summed E-state index contributed by atoms with van der Waals surface area (Å²) in [7, 11) is 0. The summed E-state index contributed by atoms with van der Waals surface area (Å²) < 4.78 is 38.5. The van der Waals surface area contributed by atoms with E-state index >= 15 is 0 Å². The smallest absolute Gasteiger partial charge is 0.339 e. The average molecular weight is 495 g/mol. The van der Waals surface area contributed by atoms with Gasteiger partial charge in [0.25, 0.3) is 5.91 Å². The Hall–Kier alpha value is -3.61.